The monoisotopic (exact) mass is 544 g/mol. The molecule has 0 saturated heterocycles. The molecule has 0 amide bonds. The molecule has 1 aromatic carbocycles. The molecule has 1 aromatic rings. The smallest absolute Gasteiger partial charge is 0.376 e. The van der Waals surface area contributed by atoms with E-state index in [-0.39, 0.29) is 7.11 Å². The molecule has 1 nitrogen and oxygen atoms in total. The largest absolute Gasteiger partial charge is 0.460 e. The van der Waals surface area contributed by atoms with Crippen molar-refractivity contribution in [1.82, 2.24) is 0 Å². The van der Waals surface area contributed by atoms with Crippen molar-refractivity contribution in [3.8, 4) is 0 Å². The van der Waals surface area contributed by atoms with E-state index >= 15 is 0 Å². The number of methoxy groups -OCH3 is 1. The van der Waals surface area contributed by atoms with E-state index in [1.807, 2.05) is 0 Å². The standard InChI is InChI=1S/C15H6F18O/c1-34-3(4-5(16)7(18)9(20)8(19)6(4)17)2-10(21,22)11(23,24)12(25,26)13(27,28)14(29,30)15(31,32)33/h3H,2H2,1H3. The lowest BCUT2D eigenvalue weighted by molar-refractivity contribution is -0.441. The molecule has 0 N–H and O–H groups in total. The fraction of sp³-hybridized carbons (Fsp3) is 0.600. The Balaban J connectivity index is 3.62. The fourth-order valence-electron chi connectivity index (χ4n) is 2.37. The van der Waals surface area contributed by atoms with E-state index in [9.17, 15) is 79.0 Å². The Labute approximate surface area is 175 Å². The minimum absolute atomic E-state index is 0.0431. The third kappa shape index (κ3) is 4.12. The molecule has 0 saturated carbocycles. The third-order valence-electron chi connectivity index (χ3n) is 4.29. The molecule has 1 unspecified atom stereocenters. The van der Waals surface area contributed by atoms with Crippen LogP contribution in [0.15, 0.2) is 0 Å². The molecule has 1 atom stereocenters. The summed E-state index contributed by atoms with van der Waals surface area (Å²) < 4.78 is 241. The number of ether oxygens (including phenoxy) is 1. The summed E-state index contributed by atoms with van der Waals surface area (Å²) in [6.45, 7) is 0. The van der Waals surface area contributed by atoms with Crippen LogP contribution in [0.5, 0.6) is 0 Å². The van der Waals surface area contributed by atoms with Gasteiger partial charge >= 0.3 is 35.8 Å². The molecule has 0 aromatic heterocycles. The Kier molecular flexibility index (Phi) is 7.53. The van der Waals surface area contributed by atoms with E-state index in [1.54, 1.807) is 0 Å². The summed E-state index contributed by atoms with van der Waals surface area (Å²) in [5.74, 6) is -53.9. The van der Waals surface area contributed by atoms with Gasteiger partial charge in [-0.05, 0) is 0 Å². The van der Waals surface area contributed by atoms with Crippen molar-refractivity contribution >= 4 is 0 Å². The van der Waals surface area contributed by atoms with Gasteiger partial charge in [-0.2, -0.15) is 57.1 Å². The van der Waals surface area contributed by atoms with E-state index in [0.29, 0.717) is 0 Å². The minimum Gasteiger partial charge on any atom is -0.376 e. The summed E-state index contributed by atoms with van der Waals surface area (Å²) >= 11 is 0. The van der Waals surface area contributed by atoms with Gasteiger partial charge in [0.15, 0.2) is 23.3 Å². The van der Waals surface area contributed by atoms with Crippen LogP contribution in [0, 0.1) is 29.1 Å². The maximum absolute atomic E-state index is 13.9. The third-order valence-corrected chi connectivity index (χ3v) is 4.29. The first-order valence-electron chi connectivity index (χ1n) is 7.85. The van der Waals surface area contributed by atoms with E-state index in [0.717, 1.165) is 0 Å². The predicted octanol–water partition coefficient (Wildman–Crippen LogP) is 7.20. The molecule has 19 heteroatoms. The average Bonchev–Trinajstić information content (AvgIpc) is 2.68. The first-order chi connectivity index (χ1) is 14.8. The minimum atomic E-state index is -8.24. The van der Waals surface area contributed by atoms with Gasteiger partial charge < -0.3 is 4.74 Å². The predicted molar refractivity (Wildman–Crippen MR) is 71.4 cm³/mol. The van der Waals surface area contributed by atoms with Crippen LogP contribution in [0.25, 0.3) is 0 Å². The van der Waals surface area contributed by atoms with Gasteiger partial charge in [0.1, 0.15) is 0 Å². The highest BCUT2D eigenvalue weighted by atomic mass is 19.4. The summed E-state index contributed by atoms with van der Waals surface area (Å²) in [7, 11) is 0.0431. The van der Waals surface area contributed by atoms with Gasteiger partial charge in [-0.15, -0.1) is 0 Å². The van der Waals surface area contributed by atoms with Gasteiger partial charge in [0.2, 0.25) is 5.82 Å². The van der Waals surface area contributed by atoms with Crippen molar-refractivity contribution in [2.75, 3.05) is 7.11 Å². The SMILES string of the molecule is COC(CC(F)(F)C(F)(F)C(F)(F)C(F)(F)C(F)(F)C(F)(F)F)c1c(F)c(F)c(F)c(F)c1F. The van der Waals surface area contributed by atoms with Crippen molar-refractivity contribution in [3.63, 3.8) is 0 Å². The number of halogens is 18. The molecule has 198 valence electrons. The molecular weight excluding hydrogens is 538 g/mol. The van der Waals surface area contributed by atoms with Crippen molar-refractivity contribution in [2.45, 2.75) is 48.3 Å². The van der Waals surface area contributed by atoms with Crippen molar-refractivity contribution < 1.29 is 83.8 Å². The van der Waals surface area contributed by atoms with Crippen LogP contribution in [0.3, 0.4) is 0 Å². The van der Waals surface area contributed by atoms with Crippen LogP contribution in [0.2, 0.25) is 0 Å². The number of rotatable bonds is 8. The lowest BCUT2D eigenvalue weighted by Crippen LogP contribution is -2.70. The van der Waals surface area contributed by atoms with E-state index in [1.165, 1.54) is 0 Å². The number of alkyl halides is 13. The molecule has 1 rings (SSSR count). The Bertz CT molecular complexity index is 888. The zero-order chi connectivity index (χ0) is 27.5. The second kappa shape index (κ2) is 8.54. The first kappa shape index (κ1) is 30.0. The van der Waals surface area contributed by atoms with Crippen molar-refractivity contribution in [1.29, 1.82) is 0 Å². The van der Waals surface area contributed by atoms with Gasteiger partial charge in [0.05, 0.1) is 11.7 Å². The van der Waals surface area contributed by atoms with Crippen LogP contribution >= 0.6 is 0 Å². The van der Waals surface area contributed by atoms with Gasteiger partial charge in [-0.25, -0.2) is 22.0 Å². The van der Waals surface area contributed by atoms with Gasteiger partial charge in [0, 0.05) is 13.5 Å². The Hall–Kier alpha value is -2.08. The summed E-state index contributed by atoms with van der Waals surface area (Å²) in [5, 5.41) is 0. The molecule has 0 fully saturated rings. The highest BCUT2D eigenvalue weighted by Gasteiger charge is 2.90. The average molecular weight is 544 g/mol. The van der Waals surface area contributed by atoms with Crippen LogP contribution < -0.4 is 0 Å². The quantitative estimate of drug-likeness (QED) is 0.191. The van der Waals surface area contributed by atoms with Crippen LogP contribution in [0.1, 0.15) is 18.1 Å². The Morgan fingerprint density at radius 3 is 1.18 bits per heavy atom. The molecule has 34 heavy (non-hydrogen) atoms. The number of hydrogen-bond acceptors (Lipinski definition) is 1. The summed E-state index contributed by atoms with van der Waals surface area (Å²) in [5.41, 5.74) is -2.50. The van der Waals surface area contributed by atoms with Crippen LogP contribution in [-0.2, 0) is 4.74 Å². The Morgan fingerprint density at radius 1 is 0.529 bits per heavy atom. The molecule has 0 aliphatic heterocycles. The molecule has 0 spiro atoms. The highest BCUT2D eigenvalue weighted by Crippen LogP contribution is 2.61. The normalized spacial score (nSPS) is 15.6. The molecule has 0 aliphatic rings. The summed E-state index contributed by atoms with van der Waals surface area (Å²) in [6.07, 6.45) is -14.5. The molecule has 0 radical (unpaired) electrons. The van der Waals surface area contributed by atoms with E-state index in [4.69, 9.17) is 0 Å². The van der Waals surface area contributed by atoms with Crippen molar-refractivity contribution in [2.24, 2.45) is 0 Å². The zero-order valence-electron chi connectivity index (χ0n) is 15.5. The first-order valence-corrected chi connectivity index (χ1v) is 7.85. The molecule has 0 bridgehead atoms. The van der Waals surface area contributed by atoms with Crippen LogP contribution in [-0.4, -0.2) is 42.9 Å². The lowest BCUT2D eigenvalue weighted by atomic mass is 9.90. The zero-order valence-corrected chi connectivity index (χ0v) is 15.5. The maximum Gasteiger partial charge on any atom is 0.460 e. The Morgan fingerprint density at radius 2 is 0.853 bits per heavy atom. The summed E-state index contributed by atoms with van der Waals surface area (Å²) in [6, 6.07) is 0. The second-order valence-corrected chi connectivity index (χ2v) is 6.41. The van der Waals surface area contributed by atoms with E-state index < -0.39 is 83.0 Å². The number of benzene rings is 1. The lowest BCUT2D eigenvalue weighted by Gasteiger charge is -2.40. The second-order valence-electron chi connectivity index (χ2n) is 6.41. The molecular formula is C15H6F18O. The maximum atomic E-state index is 13.9. The molecule has 0 heterocycles. The fourth-order valence-corrected chi connectivity index (χ4v) is 2.37. The van der Waals surface area contributed by atoms with Gasteiger partial charge in [0.25, 0.3) is 0 Å². The molecule has 0 aliphatic carbocycles. The highest BCUT2D eigenvalue weighted by molar-refractivity contribution is 5.27. The van der Waals surface area contributed by atoms with Crippen molar-refractivity contribution in [3.05, 3.63) is 34.6 Å². The van der Waals surface area contributed by atoms with Crippen LogP contribution in [0.4, 0.5) is 79.0 Å². The topological polar surface area (TPSA) is 9.23 Å². The van der Waals surface area contributed by atoms with Gasteiger partial charge in [-0.3, -0.25) is 0 Å². The van der Waals surface area contributed by atoms with Gasteiger partial charge in [-0.1, -0.05) is 0 Å². The van der Waals surface area contributed by atoms with E-state index in [2.05, 4.69) is 4.74 Å². The number of hydrogen-bond donors (Lipinski definition) is 0. The summed E-state index contributed by atoms with van der Waals surface area (Å²) in [4.78, 5) is 0.